The van der Waals surface area contributed by atoms with Crippen molar-refractivity contribution in [2.45, 2.75) is 19.9 Å². The number of rotatable bonds is 5. The van der Waals surface area contributed by atoms with Crippen molar-refractivity contribution >= 4 is 15.9 Å². The molecule has 0 atom stereocenters. The van der Waals surface area contributed by atoms with Gasteiger partial charge in [0.15, 0.2) is 0 Å². The van der Waals surface area contributed by atoms with Crippen LogP contribution < -0.4 is 10.1 Å². The SMILES string of the molecule is CNCc1cc(Br)cc(C)c1OCC(F)F. The van der Waals surface area contributed by atoms with Gasteiger partial charge in [0.1, 0.15) is 12.4 Å². The molecular formula is C11H14BrF2NO. The highest BCUT2D eigenvalue weighted by molar-refractivity contribution is 9.10. The lowest BCUT2D eigenvalue weighted by molar-refractivity contribution is 0.0810. The van der Waals surface area contributed by atoms with Crippen molar-refractivity contribution in [3.05, 3.63) is 27.7 Å². The maximum absolute atomic E-state index is 12.1. The van der Waals surface area contributed by atoms with Crippen LogP contribution in [0.4, 0.5) is 8.78 Å². The van der Waals surface area contributed by atoms with Crippen molar-refractivity contribution in [3.63, 3.8) is 0 Å². The summed E-state index contributed by atoms with van der Waals surface area (Å²) in [5.74, 6) is 0.540. The van der Waals surface area contributed by atoms with Crippen LogP contribution in [0, 0.1) is 6.92 Å². The van der Waals surface area contributed by atoms with Gasteiger partial charge in [0.25, 0.3) is 6.43 Å². The van der Waals surface area contributed by atoms with E-state index >= 15 is 0 Å². The van der Waals surface area contributed by atoms with Crippen LogP contribution in [0.1, 0.15) is 11.1 Å². The van der Waals surface area contributed by atoms with Crippen LogP contribution in [-0.4, -0.2) is 20.1 Å². The first-order valence-electron chi connectivity index (χ1n) is 4.89. The second-order valence-electron chi connectivity index (χ2n) is 3.44. The number of alkyl halides is 2. The van der Waals surface area contributed by atoms with Crippen LogP contribution >= 0.6 is 15.9 Å². The molecule has 0 bridgehead atoms. The van der Waals surface area contributed by atoms with Crippen molar-refractivity contribution < 1.29 is 13.5 Å². The standard InChI is InChI=1S/C11H14BrF2NO/c1-7-3-9(12)4-8(5-15-2)11(7)16-6-10(13)14/h3-4,10,15H,5-6H2,1-2H3. The van der Waals surface area contributed by atoms with Gasteiger partial charge >= 0.3 is 0 Å². The van der Waals surface area contributed by atoms with Crippen LogP contribution in [0.3, 0.4) is 0 Å². The number of hydrogen-bond acceptors (Lipinski definition) is 2. The van der Waals surface area contributed by atoms with E-state index in [-0.39, 0.29) is 0 Å². The van der Waals surface area contributed by atoms with Crippen molar-refractivity contribution in [2.24, 2.45) is 0 Å². The minimum absolute atomic E-state index is 0.540. The number of halogens is 3. The predicted molar refractivity (Wildman–Crippen MR) is 63.1 cm³/mol. The Hall–Kier alpha value is -0.680. The highest BCUT2D eigenvalue weighted by Gasteiger charge is 2.11. The molecule has 0 aliphatic heterocycles. The first-order valence-corrected chi connectivity index (χ1v) is 5.68. The van der Waals surface area contributed by atoms with Gasteiger partial charge in [-0.05, 0) is 31.7 Å². The van der Waals surface area contributed by atoms with Crippen LogP contribution in [0.5, 0.6) is 5.75 Å². The first kappa shape index (κ1) is 13.4. The van der Waals surface area contributed by atoms with Gasteiger partial charge < -0.3 is 10.1 Å². The third kappa shape index (κ3) is 3.72. The summed E-state index contributed by atoms with van der Waals surface area (Å²) in [5.41, 5.74) is 1.72. The van der Waals surface area contributed by atoms with E-state index in [2.05, 4.69) is 21.2 Å². The van der Waals surface area contributed by atoms with Crippen molar-refractivity contribution in [1.29, 1.82) is 0 Å². The van der Waals surface area contributed by atoms with Gasteiger partial charge in [0.2, 0.25) is 0 Å². The van der Waals surface area contributed by atoms with Crippen LogP contribution in [0.15, 0.2) is 16.6 Å². The molecule has 0 aliphatic rings. The maximum atomic E-state index is 12.1. The largest absolute Gasteiger partial charge is 0.487 e. The van der Waals surface area contributed by atoms with Gasteiger partial charge in [0, 0.05) is 16.6 Å². The summed E-state index contributed by atoms with van der Waals surface area (Å²) in [6, 6.07) is 3.71. The molecule has 0 saturated heterocycles. The second kappa shape index (κ2) is 6.15. The molecule has 0 unspecified atom stereocenters. The molecule has 0 heterocycles. The average molecular weight is 294 g/mol. The van der Waals surface area contributed by atoms with E-state index in [9.17, 15) is 8.78 Å². The molecule has 90 valence electrons. The van der Waals surface area contributed by atoms with E-state index in [1.807, 2.05) is 19.1 Å². The molecule has 0 saturated carbocycles. The van der Waals surface area contributed by atoms with E-state index in [1.165, 1.54) is 0 Å². The van der Waals surface area contributed by atoms with E-state index < -0.39 is 13.0 Å². The van der Waals surface area contributed by atoms with Gasteiger partial charge in [-0.3, -0.25) is 0 Å². The normalized spacial score (nSPS) is 10.9. The summed E-state index contributed by atoms with van der Waals surface area (Å²) in [6.07, 6.45) is -2.45. The summed E-state index contributed by atoms with van der Waals surface area (Å²) in [4.78, 5) is 0. The van der Waals surface area contributed by atoms with Gasteiger partial charge in [-0.15, -0.1) is 0 Å². The molecular weight excluding hydrogens is 280 g/mol. The van der Waals surface area contributed by atoms with Crippen molar-refractivity contribution in [2.75, 3.05) is 13.7 Å². The molecule has 1 rings (SSSR count). The van der Waals surface area contributed by atoms with Gasteiger partial charge in [0.05, 0.1) is 0 Å². The lowest BCUT2D eigenvalue weighted by Crippen LogP contribution is -2.12. The van der Waals surface area contributed by atoms with Gasteiger partial charge in [-0.1, -0.05) is 15.9 Å². The lowest BCUT2D eigenvalue weighted by atomic mass is 10.1. The fourth-order valence-electron chi connectivity index (χ4n) is 1.47. The Bertz CT molecular complexity index is 358. The summed E-state index contributed by atoms with van der Waals surface area (Å²) in [6.45, 7) is 1.85. The molecule has 2 nitrogen and oxygen atoms in total. The second-order valence-corrected chi connectivity index (χ2v) is 4.36. The highest BCUT2D eigenvalue weighted by atomic mass is 79.9. The van der Waals surface area contributed by atoms with Gasteiger partial charge in [-0.25, -0.2) is 8.78 Å². The maximum Gasteiger partial charge on any atom is 0.272 e. The summed E-state index contributed by atoms with van der Waals surface area (Å²) in [7, 11) is 1.80. The molecule has 1 N–H and O–H groups in total. The molecule has 16 heavy (non-hydrogen) atoms. The number of ether oxygens (including phenoxy) is 1. The summed E-state index contributed by atoms with van der Waals surface area (Å²) < 4.78 is 30.2. The summed E-state index contributed by atoms with van der Waals surface area (Å²) in [5, 5.41) is 2.98. The third-order valence-corrected chi connectivity index (χ3v) is 2.50. The Morgan fingerprint density at radius 1 is 1.44 bits per heavy atom. The smallest absolute Gasteiger partial charge is 0.272 e. The molecule has 0 radical (unpaired) electrons. The van der Waals surface area contributed by atoms with E-state index in [0.29, 0.717) is 12.3 Å². The minimum Gasteiger partial charge on any atom is -0.487 e. The molecule has 0 fully saturated rings. The number of aryl methyl sites for hydroxylation is 1. The molecule has 5 heteroatoms. The molecule has 0 aliphatic carbocycles. The Morgan fingerprint density at radius 3 is 2.69 bits per heavy atom. The quantitative estimate of drug-likeness (QED) is 0.901. The molecule has 0 aromatic heterocycles. The Labute approximate surface area is 102 Å². The monoisotopic (exact) mass is 293 g/mol. The third-order valence-electron chi connectivity index (χ3n) is 2.04. The zero-order valence-corrected chi connectivity index (χ0v) is 10.8. The number of hydrogen-bond donors (Lipinski definition) is 1. The molecule has 0 amide bonds. The fraction of sp³-hybridized carbons (Fsp3) is 0.455. The Morgan fingerprint density at radius 2 is 2.12 bits per heavy atom. The fourth-order valence-corrected chi connectivity index (χ4v) is 2.09. The van der Waals surface area contributed by atoms with Crippen LogP contribution in [-0.2, 0) is 6.54 Å². The van der Waals surface area contributed by atoms with E-state index in [1.54, 1.807) is 7.05 Å². The Kier molecular flexibility index (Phi) is 5.15. The van der Waals surface area contributed by atoms with E-state index in [4.69, 9.17) is 4.74 Å². The number of benzene rings is 1. The van der Waals surface area contributed by atoms with E-state index in [0.717, 1.165) is 15.6 Å². The first-order chi connectivity index (χ1) is 7.54. The topological polar surface area (TPSA) is 21.3 Å². The van der Waals surface area contributed by atoms with Crippen LogP contribution in [0.25, 0.3) is 0 Å². The molecule has 1 aromatic rings. The highest BCUT2D eigenvalue weighted by Crippen LogP contribution is 2.28. The molecule has 1 aromatic carbocycles. The molecule has 0 spiro atoms. The zero-order valence-electron chi connectivity index (χ0n) is 9.19. The van der Waals surface area contributed by atoms with Gasteiger partial charge in [-0.2, -0.15) is 0 Å². The van der Waals surface area contributed by atoms with Crippen molar-refractivity contribution in [3.8, 4) is 5.75 Å². The van der Waals surface area contributed by atoms with Crippen LogP contribution in [0.2, 0.25) is 0 Å². The van der Waals surface area contributed by atoms with Crippen molar-refractivity contribution in [1.82, 2.24) is 5.32 Å². The number of nitrogens with one attached hydrogen (secondary N) is 1. The zero-order chi connectivity index (χ0) is 12.1. The lowest BCUT2D eigenvalue weighted by Gasteiger charge is -2.14. The Balaban J connectivity index is 2.94. The minimum atomic E-state index is -2.45. The summed E-state index contributed by atoms with van der Waals surface area (Å²) >= 11 is 3.37. The predicted octanol–water partition coefficient (Wildman–Crippen LogP) is 3.12. The average Bonchev–Trinajstić information content (AvgIpc) is 2.16.